The zero-order valence-corrected chi connectivity index (χ0v) is 17.4. The van der Waals surface area contributed by atoms with Gasteiger partial charge in [0.05, 0.1) is 25.8 Å². The van der Waals surface area contributed by atoms with E-state index >= 15 is 0 Å². The summed E-state index contributed by atoms with van der Waals surface area (Å²) >= 11 is 0. The van der Waals surface area contributed by atoms with Crippen LogP contribution in [0.1, 0.15) is 28.8 Å². The number of benzene rings is 2. The number of ether oxygens (including phenoxy) is 2. The largest absolute Gasteiger partial charge is 0.497 e. The summed E-state index contributed by atoms with van der Waals surface area (Å²) < 4.78 is 12.1. The van der Waals surface area contributed by atoms with E-state index in [9.17, 15) is 9.59 Å². The third-order valence-electron chi connectivity index (χ3n) is 5.13. The van der Waals surface area contributed by atoms with Crippen LogP contribution in [0, 0.1) is 5.92 Å². The van der Waals surface area contributed by atoms with Crippen molar-refractivity contribution in [3.05, 3.63) is 71.9 Å². The maximum absolute atomic E-state index is 12.9. The van der Waals surface area contributed by atoms with Gasteiger partial charge in [0.1, 0.15) is 18.0 Å². The molecule has 31 heavy (non-hydrogen) atoms. The van der Waals surface area contributed by atoms with Crippen molar-refractivity contribution in [2.45, 2.75) is 19.4 Å². The fourth-order valence-corrected chi connectivity index (χ4v) is 3.20. The summed E-state index contributed by atoms with van der Waals surface area (Å²) in [7, 11) is 1.60. The Morgan fingerprint density at radius 2 is 1.84 bits per heavy atom. The molecule has 1 aliphatic carbocycles. The van der Waals surface area contributed by atoms with E-state index in [-0.39, 0.29) is 12.5 Å². The third kappa shape index (κ3) is 5.51. The Labute approximate surface area is 181 Å². The zero-order valence-electron chi connectivity index (χ0n) is 17.4. The first-order valence-electron chi connectivity index (χ1n) is 10.3. The molecule has 0 radical (unpaired) electrons. The van der Waals surface area contributed by atoms with Crippen molar-refractivity contribution in [2.24, 2.45) is 5.92 Å². The molecule has 1 aliphatic rings. The van der Waals surface area contributed by atoms with Gasteiger partial charge >= 0.3 is 5.97 Å². The molecule has 1 saturated carbocycles. The smallest absolute Gasteiger partial charge is 0.325 e. The Bertz CT molecular complexity index is 1040. The number of carbonyl (C=O) groups is 2. The minimum Gasteiger partial charge on any atom is -0.497 e. The summed E-state index contributed by atoms with van der Waals surface area (Å²) in [5.74, 6) is 0.408. The van der Waals surface area contributed by atoms with E-state index in [1.54, 1.807) is 18.0 Å². The first kappa shape index (κ1) is 20.7. The van der Waals surface area contributed by atoms with E-state index in [2.05, 4.69) is 10.4 Å². The van der Waals surface area contributed by atoms with Gasteiger partial charge in [0.2, 0.25) is 0 Å². The van der Waals surface area contributed by atoms with Crippen LogP contribution in [-0.4, -0.2) is 41.9 Å². The van der Waals surface area contributed by atoms with Gasteiger partial charge in [-0.2, -0.15) is 5.10 Å². The van der Waals surface area contributed by atoms with E-state index in [1.807, 2.05) is 54.6 Å². The van der Waals surface area contributed by atoms with Crippen molar-refractivity contribution in [2.75, 3.05) is 20.3 Å². The second-order valence-corrected chi connectivity index (χ2v) is 7.61. The number of nitrogens with one attached hydrogen (secondary N) is 1. The van der Waals surface area contributed by atoms with Crippen molar-refractivity contribution in [3.8, 4) is 17.0 Å². The van der Waals surface area contributed by atoms with Crippen molar-refractivity contribution in [1.29, 1.82) is 0 Å². The number of hydrogen-bond acceptors (Lipinski definition) is 5. The first-order chi connectivity index (χ1) is 15.1. The quantitative estimate of drug-likeness (QED) is 0.538. The molecule has 160 valence electrons. The van der Waals surface area contributed by atoms with Crippen LogP contribution in [0.5, 0.6) is 5.75 Å². The molecule has 1 aromatic heterocycles. The Hall–Kier alpha value is -3.61. The lowest BCUT2D eigenvalue weighted by atomic mass is 10.1. The van der Waals surface area contributed by atoms with Gasteiger partial charge in [-0.1, -0.05) is 30.3 Å². The Balaban J connectivity index is 1.52. The Morgan fingerprint density at radius 3 is 2.52 bits per heavy atom. The molecule has 1 fully saturated rings. The highest BCUT2D eigenvalue weighted by Gasteiger charge is 2.23. The fourth-order valence-electron chi connectivity index (χ4n) is 3.20. The monoisotopic (exact) mass is 419 g/mol. The predicted molar refractivity (Wildman–Crippen MR) is 116 cm³/mol. The number of hydrogen-bond donors (Lipinski definition) is 1. The van der Waals surface area contributed by atoms with E-state index in [4.69, 9.17) is 9.47 Å². The van der Waals surface area contributed by atoms with Gasteiger partial charge in [-0.15, -0.1) is 0 Å². The van der Waals surface area contributed by atoms with Crippen LogP contribution in [0.25, 0.3) is 11.3 Å². The van der Waals surface area contributed by atoms with Crippen molar-refractivity contribution in [3.63, 3.8) is 0 Å². The van der Waals surface area contributed by atoms with Gasteiger partial charge < -0.3 is 14.8 Å². The van der Waals surface area contributed by atoms with Gasteiger partial charge in [-0.3, -0.25) is 14.3 Å². The van der Waals surface area contributed by atoms with Gasteiger partial charge in [0.15, 0.2) is 0 Å². The number of rotatable bonds is 9. The molecule has 0 spiro atoms. The van der Waals surface area contributed by atoms with Gasteiger partial charge in [0, 0.05) is 11.8 Å². The second kappa shape index (κ2) is 9.47. The third-order valence-corrected chi connectivity index (χ3v) is 5.13. The van der Waals surface area contributed by atoms with Crippen LogP contribution >= 0.6 is 0 Å². The van der Waals surface area contributed by atoms with E-state index < -0.39 is 5.97 Å². The molecule has 0 bridgehead atoms. The molecule has 1 heterocycles. The maximum atomic E-state index is 12.9. The molecular weight excluding hydrogens is 394 g/mol. The standard InChI is InChI=1S/C24H25N3O4/c1-30-20-11-9-19(10-12-20)23-21(15-27(26-23)14-17-5-3-2-4-6-17)24(29)25-13-22(28)31-16-18-7-8-18/h2-6,9-12,15,18H,7-8,13-14,16H2,1H3,(H,25,29). The highest BCUT2D eigenvalue weighted by Crippen LogP contribution is 2.28. The maximum Gasteiger partial charge on any atom is 0.325 e. The minimum absolute atomic E-state index is 0.169. The number of esters is 1. The lowest BCUT2D eigenvalue weighted by molar-refractivity contribution is -0.142. The summed E-state index contributed by atoms with van der Waals surface area (Å²) in [6.07, 6.45) is 3.91. The SMILES string of the molecule is COc1ccc(-c2nn(Cc3ccccc3)cc2C(=O)NCC(=O)OCC2CC2)cc1. The molecule has 7 heteroatoms. The summed E-state index contributed by atoms with van der Waals surface area (Å²) in [5, 5.41) is 7.31. The highest BCUT2D eigenvalue weighted by atomic mass is 16.5. The molecule has 4 rings (SSSR count). The minimum atomic E-state index is -0.428. The van der Waals surface area contributed by atoms with Crippen LogP contribution < -0.4 is 10.1 Å². The second-order valence-electron chi connectivity index (χ2n) is 7.61. The lowest BCUT2D eigenvalue weighted by Crippen LogP contribution is -2.31. The first-order valence-corrected chi connectivity index (χ1v) is 10.3. The molecule has 0 aliphatic heterocycles. The summed E-state index contributed by atoms with van der Waals surface area (Å²) in [6, 6.07) is 17.2. The van der Waals surface area contributed by atoms with E-state index in [1.165, 1.54) is 0 Å². The van der Waals surface area contributed by atoms with Gasteiger partial charge in [-0.05, 0) is 48.6 Å². The average molecular weight is 419 g/mol. The average Bonchev–Trinajstić information content (AvgIpc) is 3.55. The number of aromatic nitrogens is 2. The zero-order chi connectivity index (χ0) is 21.6. The van der Waals surface area contributed by atoms with Crippen LogP contribution in [0.15, 0.2) is 60.8 Å². The van der Waals surface area contributed by atoms with E-state index in [0.717, 1.165) is 29.7 Å². The topological polar surface area (TPSA) is 82.5 Å². The Morgan fingerprint density at radius 1 is 1.10 bits per heavy atom. The van der Waals surface area contributed by atoms with Crippen LogP contribution in [0.2, 0.25) is 0 Å². The normalized spacial score (nSPS) is 12.9. The number of carbonyl (C=O) groups excluding carboxylic acids is 2. The fraction of sp³-hybridized carbons (Fsp3) is 0.292. The lowest BCUT2D eigenvalue weighted by Gasteiger charge is -2.06. The van der Waals surface area contributed by atoms with Crippen molar-refractivity contribution in [1.82, 2.24) is 15.1 Å². The van der Waals surface area contributed by atoms with Gasteiger partial charge in [-0.25, -0.2) is 0 Å². The molecule has 1 N–H and O–H groups in total. The molecular formula is C24H25N3O4. The number of methoxy groups -OCH3 is 1. The van der Waals surface area contributed by atoms with E-state index in [0.29, 0.717) is 30.3 Å². The summed E-state index contributed by atoms with van der Waals surface area (Å²) in [4.78, 5) is 24.8. The number of nitrogens with zero attached hydrogens (tertiary/aromatic N) is 2. The molecule has 7 nitrogen and oxygen atoms in total. The highest BCUT2D eigenvalue weighted by molar-refractivity contribution is 6.01. The molecule has 1 amide bonds. The summed E-state index contributed by atoms with van der Waals surface area (Å²) in [5.41, 5.74) is 2.80. The molecule has 0 saturated heterocycles. The molecule has 2 aromatic carbocycles. The number of amides is 1. The van der Waals surface area contributed by atoms with Crippen molar-refractivity contribution >= 4 is 11.9 Å². The van der Waals surface area contributed by atoms with Crippen LogP contribution in [-0.2, 0) is 16.1 Å². The molecule has 3 aromatic rings. The van der Waals surface area contributed by atoms with Crippen LogP contribution in [0.4, 0.5) is 0 Å². The molecule has 0 atom stereocenters. The predicted octanol–water partition coefficient (Wildman–Crippen LogP) is 3.29. The van der Waals surface area contributed by atoms with Crippen LogP contribution in [0.3, 0.4) is 0 Å². The summed E-state index contributed by atoms with van der Waals surface area (Å²) in [6.45, 7) is 0.791. The Kier molecular flexibility index (Phi) is 6.31. The van der Waals surface area contributed by atoms with Crippen molar-refractivity contribution < 1.29 is 19.1 Å². The van der Waals surface area contributed by atoms with Gasteiger partial charge in [0.25, 0.3) is 5.91 Å². The molecule has 0 unspecified atom stereocenters.